The van der Waals surface area contributed by atoms with Crippen molar-refractivity contribution in [1.29, 1.82) is 0 Å². The molecule has 0 amide bonds. The fourth-order valence-corrected chi connectivity index (χ4v) is 9.66. The maximum atomic E-state index is 14.5. The minimum absolute atomic E-state index is 0.179. The second kappa shape index (κ2) is 19.0. The van der Waals surface area contributed by atoms with Gasteiger partial charge in [-0.3, -0.25) is 8.80 Å². The number of aryl methyl sites for hydroxylation is 2. The van der Waals surface area contributed by atoms with Crippen LogP contribution in [0.15, 0.2) is 71.4 Å². The van der Waals surface area contributed by atoms with Crippen LogP contribution in [0.1, 0.15) is 108 Å². The van der Waals surface area contributed by atoms with Gasteiger partial charge >= 0.3 is 7.12 Å². The van der Waals surface area contributed by atoms with Gasteiger partial charge in [0.25, 0.3) is 0 Å². The average Bonchev–Trinajstić information content (AvgIpc) is 4.15. The molecule has 0 atom stereocenters. The van der Waals surface area contributed by atoms with Crippen molar-refractivity contribution in [3.63, 3.8) is 0 Å². The summed E-state index contributed by atoms with van der Waals surface area (Å²) in [7, 11) is -0.219. The fourth-order valence-electron chi connectivity index (χ4n) is 9.29. The van der Waals surface area contributed by atoms with E-state index < -0.39 is 0 Å². The molecule has 358 valence electrons. The molecule has 11 rings (SSSR count). The summed E-state index contributed by atoms with van der Waals surface area (Å²) in [6, 6.07) is 6.39. The summed E-state index contributed by atoms with van der Waals surface area (Å²) < 4.78 is 67.8. The molecule has 9 heterocycles. The van der Waals surface area contributed by atoms with Crippen molar-refractivity contribution < 1.29 is 37.0 Å². The molecule has 18 heteroatoms. The van der Waals surface area contributed by atoms with Crippen LogP contribution in [0.4, 0.5) is 8.78 Å². The van der Waals surface area contributed by atoms with E-state index in [9.17, 15) is 8.78 Å². The Kier molecular flexibility index (Phi) is 13.4. The Hall–Kier alpha value is -5.14. The van der Waals surface area contributed by atoms with Gasteiger partial charge in [-0.25, -0.2) is 18.7 Å². The minimum atomic E-state index is -0.309. The number of aromatic nitrogens is 8. The highest BCUT2D eigenvalue weighted by Gasteiger charge is 2.52. The van der Waals surface area contributed by atoms with Crippen LogP contribution in [-0.2, 0) is 57.3 Å². The van der Waals surface area contributed by atoms with Gasteiger partial charge in [0.1, 0.15) is 47.4 Å². The number of rotatable bonds is 8. The summed E-state index contributed by atoms with van der Waals surface area (Å²) in [5.41, 5.74) is 7.21. The molecule has 0 N–H and O–H groups in total. The first kappa shape index (κ1) is 47.9. The normalized spacial score (nSPS) is 19.5. The first-order valence-electron chi connectivity index (χ1n) is 23.3. The zero-order chi connectivity index (χ0) is 48.0. The van der Waals surface area contributed by atoms with Gasteiger partial charge in [-0.2, -0.15) is 0 Å². The predicted octanol–water partition coefficient (Wildman–Crippen LogP) is 9.05. The molecule has 4 aromatic heterocycles. The van der Waals surface area contributed by atoms with E-state index in [1.54, 1.807) is 31.0 Å². The van der Waals surface area contributed by atoms with E-state index in [1.165, 1.54) is 23.2 Å². The van der Waals surface area contributed by atoms with Crippen LogP contribution in [0, 0.1) is 11.6 Å². The second-order valence-electron chi connectivity index (χ2n) is 19.7. The molecule has 0 saturated carbocycles. The van der Waals surface area contributed by atoms with Crippen LogP contribution in [0.2, 0.25) is 0 Å². The minimum Gasteiger partial charge on any atom is -0.493 e. The molecular weight excluding hydrogens is 937 g/mol. The Morgan fingerprint density at radius 1 is 0.618 bits per heavy atom. The molecule has 2 aromatic carbocycles. The van der Waals surface area contributed by atoms with E-state index in [0.717, 1.165) is 93.4 Å². The van der Waals surface area contributed by atoms with Crippen molar-refractivity contribution in [2.45, 2.75) is 129 Å². The highest BCUT2D eigenvalue weighted by atomic mass is 79.9. The number of hydrogen-bond acceptors (Lipinski definition) is 12. The Bertz CT molecular complexity index is 2900. The number of nitrogens with zero attached hydrogens (tertiary/aromatic N) is 8. The van der Waals surface area contributed by atoms with E-state index in [4.69, 9.17) is 28.3 Å². The topological polar surface area (TPSA) is 142 Å². The van der Waals surface area contributed by atoms with E-state index in [2.05, 4.69) is 100.0 Å². The van der Waals surface area contributed by atoms with Gasteiger partial charge in [0.2, 0.25) is 0 Å². The van der Waals surface area contributed by atoms with Crippen LogP contribution >= 0.6 is 15.9 Å². The van der Waals surface area contributed by atoms with Crippen LogP contribution in [0.5, 0.6) is 11.5 Å². The van der Waals surface area contributed by atoms with Crippen molar-refractivity contribution in [1.82, 2.24) is 39.2 Å². The lowest BCUT2D eigenvalue weighted by Gasteiger charge is -2.32. The fraction of sp³-hybridized carbons (Fsp3) is 0.480. The highest BCUT2D eigenvalue weighted by Crippen LogP contribution is 2.41. The smallest absolute Gasteiger partial charge is 0.490 e. The zero-order valence-corrected chi connectivity index (χ0v) is 41.6. The Morgan fingerprint density at radius 3 is 1.69 bits per heavy atom. The van der Waals surface area contributed by atoms with Crippen molar-refractivity contribution in [2.24, 2.45) is 0 Å². The van der Waals surface area contributed by atoms with E-state index in [-0.39, 0.29) is 41.2 Å². The van der Waals surface area contributed by atoms with Gasteiger partial charge in [0.15, 0.2) is 11.3 Å². The van der Waals surface area contributed by atoms with E-state index in [1.807, 2.05) is 28.8 Å². The quantitative estimate of drug-likeness (QED) is 0.134. The number of halogens is 3. The lowest BCUT2D eigenvalue weighted by molar-refractivity contribution is 0.00578. The zero-order valence-electron chi connectivity index (χ0n) is 40.0. The van der Waals surface area contributed by atoms with Crippen molar-refractivity contribution in [2.75, 3.05) is 26.4 Å². The molecule has 1 saturated heterocycles. The monoisotopic (exact) mass is 994 g/mol. The van der Waals surface area contributed by atoms with Crippen LogP contribution in [-0.4, -0.2) is 95.1 Å². The van der Waals surface area contributed by atoms with Crippen LogP contribution in [0.25, 0.3) is 16.9 Å². The van der Waals surface area contributed by atoms with Gasteiger partial charge in [-0.05, 0) is 150 Å². The summed E-state index contributed by atoms with van der Waals surface area (Å²) in [6.07, 6.45) is 16.7. The lowest BCUT2D eigenvalue weighted by Crippen LogP contribution is -2.41. The molecule has 0 aliphatic carbocycles. The first-order valence-corrected chi connectivity index (χ1v) is 24.1. The summed E-state index contributed by atoms with van der Waals surface area (Å²) in [6.45, 7) is 19.2. The van der Waals surface area contributed by atoms with Gasteiger partial charge in [-0.15, -0.1) is 20.4 Å². The van der Waals surface area contributed by atoms with E-state index in [0.29, 0.717) is 51.2 Å². The Labute approximate surface area is 404 Å². The molecule has 0 unspecified atom stereocenters. The summed E-state index contributed by atoms with van der Waals surface area (Å²) in [5, 5.41) is 16.4. The number of ether oxygens (including phenoxy) is 4. The van der Waals surface area contributed by atoms with Crippen LogP contribution < -0.4 is 9.47 Å². The molecule has 68 heavy (non-hydrogen) atoms. The summed E-state index contributed by atoms with van der Waals surface area (Å²) in [5.74, 6) is 2.86. The molecule has 14 nitrogen and oxygen atoms in total. The molecule has 1 fully saturated rings. The van der Waals surface area contributed by atoms with Crippen molar-refractivity contribution in [3.05, 3.63) is 123 Å². The number of hydrogen-bond donors (Lipinski definition) is 0. The Morgan fingerprint density at radius 2 is 1.13 bits per heavy atom. The molecule has 6 aromatic rings. The second-order valence-corrected chi connectivity index (χ2v) is 20.6. The largest absolute Gasteiger partial charge is 0.493 e. The van der Waals surface area contributed by atoms with Crippen LogP contribution in [0.3, 0.4) is 0 Å². The molecule has 0 radical (unpaired) electrons. The molecule has 0 bridgehead atoms. The van der Waals surface area contributed by atoms with Crippen molar-refractivity contribution in [3.8, 4) is 11.5 Å². The third kappa shape index (κ3) is 9.98. The Balaban J connectivity index is 0.000000132. The van der Waals surface area contributed by atoms with Crippen molar-refractivity contribution >= 4 is 39.9 Å². The summed E-state index contributed by atoms with van der Waals surface area (Å²) >= 11 is 3.40. The van der Waals surface area contributed by atoms with Gasteiger partial charge in [-0.1, -0.05) is 6.08 Å². The third-order valence-corrected chi connectivity index (χ3v) is 14.1. The van der Waals surface area contributed by atoms with Gasteiger partial charge in [0, 0.05) is 54.8 Å². The SMILES string of the molecule is CC1(C)C=C(B2OC(C)(C)C(C)(C)O2)CCO1.CC1(C)C=C(c2cnc(CCc3c(F)ccc4c3CCO4)n3cnnc23)CCO1.Fc1ccc2c(c1CCc1ncc(Br)c3nncn13)CCO2. The van der Waals surface area contributed by atoms with E-state index >= 15 is 0 Å². The average molecular weight is 996 g/mol. The standard InChI is InChI=1S/C22H23FN4O2.C15H12BrFN4O.C13H23BO3/c1-22(2)11-14(7-10-29-22)17-12-24-20(27-13-25-26-21(17)27)6-3-15-16-8-9-28-19(16)5-4-18(15)23;16-11-7-18-14(21-8-19-20-15(11)21)4-1-9-10-5-6-22-13(10)3-2-12(9)17;1-11(2)9-10(7-8-15-11)14-16-12(3,4)13(5,6)17-14/h4-5,11-13H,3,6-10H2,1-2H3;2-3,7-8H,1,4-6H2;9H,7-8H2,1-6H3. The molecule has 5 aliphatic rings. The molecule has 5 aliphatic heterocycles. The maximum absolute atomic E-state index is 14.5. The van der Waals surface area contributed by atoms with Gasteiger partial charge < -0.3 is 28.3 Å². The predicted molar refractivity (Wildman–Crippen MR) is 257 cm³/mol. The third-order valence-electron chi connectivity index (χ3n) is 13.5. The lowest BCUT2D eigenvalue weighted by atomic mass is 9.73. The molecular formula is C50H58BBrF2N8O6. The maximum Gasteiger partial charge on any atom is 0.490 e. The number of benzene rings is 2. The molecule has 0 spiro atoms. The number of fused-ring (bicyclic) bond motifs is 4. The van der Waals surface area contributed by atoms with Gasteiger partial charge in [0.05, 0.1) is 53.3 Å². The first-order chi connectivity index (χ1) is 32.4. The summed E-state index contributed by atoms with van der Waals surface area (Å²) in [4.78, 5) is 9.09. The highest BCUT2D eigenvalue weighted by molar-refractivity contribution is 9.10.